The van der Waals surface area contributed by atoms with E-state index in [4.69, 9.17) is 5.90 Å². The van der Waals surface area contributed by atoms with E-state index in [0.29, 0.717) is 6.61 Å². The van der Waals surface area contributed by atoms with Crippen LogP contribution >= 0.6 is 0 Å². The van der Waals surface area contributed by atoms with Crippen molar-refractivity contribution in [3.63, 3.8) is 0 Å². The normalized spacial score (nSPS) is 8.50. The number of nitrogens with two attached hydrogens (primary N) is 1. The molecule has 53 valence electrons. The third-order valence-corrected chi connectivity index (χ3v) is 1.09. The number of rotatable bonds is 2. The van der Waals surface area contributed by atoms with Gasteiger partial charge in [-0.3, -0.25) is 4.84 Å². The fourth-order valence-electron chi connectivity index (χ4n) is 0.670. The van der Waals surface area contributed by atoms with Crippen LogP contribution in [0.2, 0.25) is 0 Å². The molecule has 0 fully saturated rings. The Morgan fingerprint density at radius 3 is 2.30 bits per heavy atom. The average Bonchev–Trinajstić information content (AvgIpc) is 1.91. The Hall–Kier alpha value is -0.900. The molecule has 0 atom stereocenters. The van der Waals surface area contributed by atoms with Gasteiger partial charge < -0.3 is 0 Å². The maximum atomic E-state index is 4.86. The molecule has 0 saturated heterocycles. The molecule has 3 heteroatoms. The minimum Gasteiger partial charge on any atom is -0.300 e. The Bertz CT molecular complexity index is 165. The molecule has 0 aliphatic carbocycles. The zero-order valence-corrected chi connectivity index (χ0v) is 5.53. The highest BCUT2D eigenvalue weighted by atomic mass is 16.6. The summed E-state index contributed by atoms with van der Waals surface area (Å²) in [6.45, 7) is 0.487. The predicted molar refractivity (Wildman–Crippen MR) is 37.6 cm³/mol. The van der Waals surface area contributed by atoms with Crippen molar-refractivity contribution in [2.45, 2.75) is 6.61 Å². The molecule has 0 aliphatic rings. The molecular formula is C7H9N2O. The lowest BCUT2D eigenvalue weighted by Crippen LogP contribution is -1.97. The summed E-state index contributed by atoms with van der Waals surface area (Å²) in [5.41, 5.74) is 1.10. The molecule has 0 bridgehead atoms. The van der Waals surface area contributed by atoms with Crippen LogP contribution in [0.25, 0.3) is 0 Å². The van der Waals surface area contributed by atoms with E-state index in [1.165, 1.54) is 0 Å². The van der Waals surface area contributed by atoms with E-state index in [1.54, 1.807) is 0 Å². The lowest BCUT2D eigenvalue weighted by Gasteiger charge is -1.94. The lowest BCUT2D eigenvalue weighted by atomic mass is 10.2. The highest BCUT2D eigenvalue weighted by Crippen LogP contribution is 1.97. The Labute approximate surface area is 60.3 Å². The van der Waals surface area contributed by atoms with Crippen molar-refractivity contribution < 1.29 is 4.84 Å². The summed E-state index contributed by atoms with van der Waals surface area (Å²) in [5, 5.41) is 0. The second-order valence-corrected chi connectivity index (χ2v) is 1.80. The molecule has 0 aromatic heterocycles. The van der Waals surface area contributed by atoms with Crippen molar-refractivity contribution in [1.82, 2.24) is 6.15 Å². The number of hydrogen-bond donors (Lipinski definition) is 1. The summed E-state index contributed by atoms with van der Waals surface area (Å²) < 4.78 is 0. The smallest absolute Gasteiger partial charge is 0.0930 e. The highest BCUT2D eigenvalue weighted by Gasteiger charge is 1.85. The molecule has 1 rings (SSSR count). The molecule has 3 radical (unpaired) electrons. The van der Waals surface area contributed by atoms with Crippen LogP contribution in [-0.2, 0) is 11.4 Å². The van der Waals surface area contributed by atoms with Crippen molar-refractivity contribution in [2.75, 3.05) is 0 Å². The fourth-order valence-corrected chi connectivity index (χ4v) is 0.670. The summed E-state index contributed by atoms with van der Waals surface area (Å²) in [5.74, 6) is 4.86. The molecule has 0 unspecified atom stereocenters. The summed E-state index contributed by atoms with van der Waals surface area (Å²) in [7, 11) is 0. The second kappa shape index (κ2) is 4.93. The van der Waals surface area contributed by atoms with Crippen LogP contribution in [0, 0.1) is 0 Å². The summed E-state index contributed by atoms with van der Waals surface area (Å²) in [6, 6.07) is 9.79. The van der Waals surface area contributed by atoms with Crippen LogP contribution < -0.4 is 12.0 Å². The van der Waals surface area contributed by atoms with Gasteiger partial charge in [0.25, 0.3) is 0 Å². The van der Waals surface area contributed by atoms with E-state index in [9.17, 15) is 0 Å². The Morgan fingerprint density at radius 2 is 1.80 bits per heavy atom. The maximum absolute atomic E-state index is 4.86. The maximum Gasteiger partial charge on any atom is 0.0930 e. The predicted octanol–water partition coefficient (Wildman–Crippen LogP) is 0.596. The Kier molecular flexibility index (Phi) is 4.49. The molecule has 3 nitrogen and oxygen atoms in total. The third-order valence-electron chi connectivity index (χ3n) is 1.09. The van der Waals surface area contributed by atoms with Crippen molar-refractivity contribution in [3.8, 4) is 0 Å². The zero-order chi connectivity index (χ0) is 6.53. The van der Waals surface area contributed by atoms with E-state index in [-0.39, 0.29) is 6.15 Å². The lowest BCUT2D eigenvalue weighted by molar-refractivity contribution is 0.124. The second-order valence-electron chi connectivity index (χ2n) is 1.80. The van der Waals surface area contributed by atoms with Gasteiger partial charge in [0, 0.05) is 6.15 Å². The summed E-state index contributed by atoms with van der Waals surface area (Å²) >= 11 is 0. The van der Waals surface area contributed by atoms with Crippen LogP contribution in [0.3, 0.4) is 0 Å². The monoisotopic (exact) mass is 137 g/mol. The zero-order valence-electron chi connectivity index (χ0n) is 5.53. The molecular weight excluding hydrogens is 128 g/mol. The Balaban J connectivity index is 0.000000810. The van der Waals surface area contributed by atoms with Crippen LogP contribution in [0.5, 0.6) is 0 Å². The van der Waals surface area contributed by atoms with E-state index in [0.717, 1.165) is 5.56 Å². The molecule has 0 aliphatic heterocycles. The molecule has 2 N–H and O–H groups in total. The van der Waals surface area contributed by atoms with Crippen molar-refractivity contribution >= 4 is 0 Å². The molecule has 10 heavy (non-hydrogen) atoms. The van der Waals surface area contributed by atoms with Crippen LogP contribution in [-0.4, -0.2) is 0 Å². The SMILES string of the molecule is NOCc1ccccc1.[N]. The number of nitrogens with zero attached hydrogens (tertiary/aromatic N) is 1. The minimum atomic E-state index is 0. The van der Waals surface area contributed by atoms with Gasteiger partial charge in [-0.05, 0) is 5.56 Å². The van der Waals surface area contributed by atoms with E-state index >= 15 is 0 Å². The van der Waals surface area contributed by atoms with Crippen molar-refractivity contribution in [2.24, 2.45) is 5.90 Å². The van der Waals surface area contributed by atoms with Gasteiger partial charge in [0.15, 0.2) is 0 Å². The molecule has 0 heterocycles. The minimum absolute atomic E-state index is 0. The molecule has 0 saturated carbocycles. The third kappa shape index (κ3) is 2.59. The molecule has 1 aromatic rings. The van der Waals surface area contributed by atoms with Gasteiger partial charge >= 0.3 is 0 Å². The first-order valence-corrected chi connectivity index (χ1v) is 2.79. The van der Waals surface area contributed by atoms with Gasteiger partial charge in [0.05, 0.1) is 6.61 Å². The quantitative estimate of drug-likeness (QED) is 0.606. The van der Waals surface area contributed by atoms with Gasteiger partial charge in [-0.2, -0.15) is 0 Å². The molecule has 1 aromatic carbocycles. The van der Waals surface area contributed by atoms with Gasteiger partial charge in [-0.15, -0.1) is 0 Å². The Morgan fingerprint density at radius 1 is 1.20 bits per heavy atom. The van der Waals surface area contributed by atoms with Crippen LogP contribution in [0.1, 0.15) is 5.56 Å². The molecule has 0 amide bonds. The number of benzene rings is 1. The summed E-state index contributed by atoms with van der Waals surface area (Å²) in [4.78, 5) is 4.43. The van der Waals surface area contributed by atoms with Crippen LogP contribution in [0.15, 0.2) is 30.3 Å². The van der Waals surface area contributed by atoms with Crippen molar-refractivity contribution in [1.29, 1.82) is 0 Å². The van der Waals surface area contributed by atoms with Gasteiger partial charge in [0.2, 0.25) is 0 Å². The fraction of sp³-hybridized carbons (Fsp3) is 0.143. The highest BCUT2D eigenvalue weighted by molar-refractivity contribution is 5.13. The number of hydrogen-bond acceptors (Lipinski definition) is 2. The topological polar surface area (TPSA) is 65.8 Å². The first-order valence-electron chi connectivity index (χ1n) is 2.79. The largest absolute Gasteiger partial charge is 0.300 e. The first kappa shape index (κ1) is 9.10. The first-order chi connectivity index (χ1) is 4.43. The van der Waals surface area contributed by atoms with E-state index in [2.05, 4.69) is 4.84 Å². The standard InChI is InChI=1S/C7H9NO.N/c8-9-6-7-4-2-1-3-5-7;/h1-5H,6,8H2;. The van der Waals surface area contributed by atoms with E-state index in [1.807, 2.05) is 30.3 Å². The molecule has 0 spiro atoms. The van der Waals surface area contributed by atoms with Crippen LogP contribution in [0.4, 0.5) is 0 Å². The van der Waals surface area contributed by atoms with Gasteiger partial charge in [0.1, 0.15) is 0 Å². The van der Waals surface area contributed by atoms with Crippen molar-refractivity contribution in [3.05, 3.63) is 35.9 Å². The summed E-state index contributed by atoms with van der Waals surface area (Å²) in [6.07, 6.45) is 0. The van der Waals surface area contributed by atoms with Gasteiger partial charge in [-0.25, -0.2) is 5.90 Å². The average molecular weight is 137 g/mol. The van der Waals surface area contributed by atoms with Gasteiger partial charge in [-0.1, -0.05) is 30.3 Å². The van der Waals surface area contributed by atoms with E-state index < -0.39 is 0 Å².